The fraction of sp³-hybridized carbons (Fsp3) is 0.273. The Hall–Kier alpha value is -1.91. The molecule has 0 aromatic heterocycles. The van der Waals surface area contributed by atoms with Gasteiger partial charge >= 0.3 is 11.9 Å². The van der Waals surface area contributed by atoms with Crippen LogP contribution in [-0.4, -0.2) is 22.2 Å². The maximum atomic E-state index is 13.2. The second-order valence-electron chi connectivity index (χ2n) is 3.43. The van der Waals surface area contributed by atoms with Gasteiger partial charge in [-0.25, -0.2) is 4.39 Å². The summed E-state index contributed by atoms with van der Waals surface area (Å²) in [7, 11) is 0. The fourth-order valence-corrected chi connectivity index (χ4v) is 1.39. The van der Waals surface area contributed by atoms with Crippen LogP contribution in [0.25, 0.3) is 0 Å². The normalized spacial score (nSPS) is 12.1. The van der Waals surface area contributed by atoms with Crippen LogP contribution in [0.2, 0.25) is 0 Å². The first-order valence-corrected chi connectivity index (χ1v) is 4.68. The van der Waals surface area contributed by atoms with E-state index in [0.29, 0.717) is 0 Å². The Balaban J connectivity index is 2.80. The van der Waals surface area contributed by atoms with Crippen LogP contribution in [0.5, 0.6) is 0 Å². The zero-order valence-electron chi connectivity index (χ0n) is 8.39. The first-order chi connectivity index (χ1) is 7.50. The van der Waals surface area contributed by atoms with Crippen molar-refractivity contribution in [2.24, 2.45) is 5.92 Å². The Bertz CT molecular complexity index is 403. The van der Waals surface area contributed by atoms with Gasteiger partial charge in [0.1, 0.15) is 5.82 Å². The van der Waals surface area contributed by atoms with Gasteiger partial charge in [-0.2, -0.15) is 0 Å². The SMILES string of the molecule is O=C(O)C[C@@H](Cc1ccccc1F)C(=O)O. The third-order valence-electron chi connectivity index (χ3n) is 2.19. The van der Waals surface area contributed by atoms with Gasteiger partial charge in [-0.15, -0.1) is 0 Å². The van der Waals surface area contributed by atoms with Gasteiger partial charge in [0, 0.05) is 0 Å². The van der Waals surface area contributed by atoms with Crippen LogP contribution in [0.3, 0.4) is 0 Å². The van der Waals surface area contributed by atoms with Crippen LogP contribution >= 0.6 is 0 Å². The molecule has 4 nitrogen and oxygen atoms in total. The lowest BCUT2D eigenvalue weighted by Gasteiger charge is -2.10. The van der Waals surface area contributed by atoms with Crippen LogP contribution in [0.4, 0.5) is 4.39 Å². The van der Waals surface area contributed by atoms with Crippen molar-refractivity contribution in [3.05, 3.63) is 35.6 Å². The van der Waals surface area contributed by atoms with E-state index < -0.39 is 30.1 Å². The summed E-state index contributed by atoms with van der Waals surface area (Å²) in [5, 5.41) is 17.3. The molecule has 16 heavy (non-hydrogen) atoms. The molecule has 0 saturated carbocycles. The van der Waals surface area contributed by atoms with Crippen molar-refractivity contribution < 1.29 is 24.2 Å². The highest BCUT2D eigenvalue weighted by Crippen LogP contribution is 2.15. The van der Waals surface area contributed by atoms with E-state index in [4.69, 9.17) is 10.2 Å². The average Bonchev–Trinajstić information content (AvgIpc) is 2.19. The molecule has 2 N–H and O–H groups in total. The number of benzene rings is 1. The van der Waals surface area contributed by atoms with Crippen LogP contribution in [-0.2, 0) is 16.0 Å². The quantitative estimate of drug-likeness (QED) is 0.798. The molecule has 0 unspecified atom stereocenters. The molecule has 86 valence electrons. The van der Waals surface area contributed by atoms with Gasteiger partial charge in [-0.1, -0.05) is 18.2 Å². The van der Waals surface area contributed by atoms with Crippen molar-refractivity contribution in [3.8, 4) is 0 Å². The number of carbonyl (C=O) groups is 2. The molecule has 0 fully saturated rings. The maximum Gasteiger partial charge on any atom is 0.307 e. The highest BCUT2D eigenvalue weighted by Gasteiger charge is 2.22. The predicted octanol–water partition coefficient (Wildman–Crippen LogP) is 1.54. The van der Waals surface area contributed by atoms with E-state index in [2.05, 4.69) is 0 Å². The molecular formula is C11H11FO4. The smallest absolute Gasteiger partial charge is 0.307 e. The highest BCUT2D eigenvalue weighted by molar-refractivity contribution is 5.78. The van der Waals surface area contributed by atoms with E-state index in [1.807, 2.05) is 0 Å². The van der Waals surface area contributed by atoms with Crippen LogP contribution in [0, 0.1) is 11.7 Å². The van der Waals surface area contributed by atoms with Crippen molar-refractivity contribution >= 4 is 11.9 Å². The molecule has 0 aliphatic carbocycles. The summed E-state index contributed by atoms with van der Waals surface area (Å²) in [4.78, 5) is 21.2. The molecule has 0 bridgehead atoms. The fourth-order valence-electron chi connectivity index (χ4n) is 1.39. The molecule has 0 spiro atoms. The van der Waals surface area contributed by atoms with E-state index in [1.54, 1.807) is 6.07 Å². The number of carboxylic acids is 2. The lowest BCUT2D eigenvalue weighted by atomic mass is 9.96. The van der Waals surface area contributed by atoms with Gasteiger partial charge < -0.3 is 10.2 Å². The highest BCUT2D eigenvalue weighted by atomic mass is 19.1. The summed E-state index contributed by atoms with van der Waals surface area (Å²) >= 11 is 0. The number of hydrogen-bond acceptors (Lipinski definition) is 2. The summed E-state index contributed by atoms with van der Waals surface area (Å²) in [5.74, 6) is -4.05. The Morgan fingerprint density at radius 2 is 1.88 bits per heavy atom. The Kier molecular flexibility index (Phi) is 3.99. The van der Waals surface area contributed by atoms with Gasteiger partial charge in [-0.3, -0.25) is 9.59 Å². The van der Waals surface area contributed by atoms with Crippen LogP contribution in [0.15, 0.2) is 24.3 Å². The first kappa shape index (κ1) is 12.2. The minimum Gasteiger partial charge on any atom is -0.481 e. The van der Waals surface area contributed by atoms with E-state index in [0.717, 1.165) is 0 Å². The van der Waals surface area contributed by atoms with E-state index in [1.165, 1.54) is 18.2 Å². The molecule has 1 atom stereocenters. The summed E-state index contributed by atoms with van der Waals surface area (Å²) in [6.07, 6.45) is -0.627. The molecule has 1 rings (SSSR count). The van der Waals surface area contributed by atoms with Crippen molar-refractivity contribution in [3.63, 3.8) is 0 Å². The third kappa shape index (κ3) is 3.34. The molecule has 1 aromatic carbocycles. The zero-order chi connectivity index (χ0) is 12.1. The minimum absolute atomic E-state index is 0.117. The van der Waals surface area contributed by atoms with E-state index in [9.17, 15) is 14.0 Å². The minimum atomic E-state index is -1.23. The number of carboxylic acid groups (broad SMARTS) is 2. The predicted molar refractivity (Wildman–Crippen MR) is 53.5 cm³/mol. The molecule has 0 amide bonds. The summed E-state index contributed by atoms with van der Waals surface area (Å²) in [5.41, 5.74) is 0.219. The van der Waals surface area contributed by atoms with Crippen molar-refractivity contribution in [2.45, 2.75) is 12.8 Å². The van der Waals surface area contributed by atoms with Gasteiger partial charge in [-0.05, 0) is 18.1 Å². The molecular weight excluding hydrogens is 215 g/mol. The Morgan fingerprint density at radius 3 is 2.38 bits per heavy atom. The van der Waals surface area contributed by atoms with E-state index >= 15 is 0 Å². The number of rotatable bonds is 5. The summed E-state index contributed by atoms with van der Waals surface area (Å²) in [6.45, 7) is 0. The first-order valence-electron chi connectivity index (χ1n) is 4.68. The molecule has 1 aromatic rings. The molecule has 0 radical (unpaired) electrons. The number of halogens is 1. The third-order valence-corrected chi connectivity index (χ3v) is 2.19. The van der Waals surface area contributed by atoms with Crippen molar-refractivity contribution in [1.29, 1.82) is 0 Å². The molecule has 0 aliphatic heterocycles. The van der Waals surface area contributed by atoms with Gasteiger partial charge in [0.15, 0.2) is 0 Å². The summed E-state index contributed by atoms with van der Waals surface area (Å²) in [6, 6.07) is 5.74. The topological polar surface area (TPSA) is 74.6 Å². The average molecular weight is 226 g/mol. The van der Waals surface area contributed by atoms with Crippen LogP contribution in [0.1, 0.15) is 12.0 Å². The van der Waals surface area contributed by atoms with Crippen LogP contribution < -0.4 is 0 Å². The monoisotopic (exact) mass is 226 g/mol. The second kappa shape index (κ2) is 5.25. The lowest BCUT2D eigenvalue weighted by Crippen LogP contribution is -2.20. The maximum absolute atomic E-state index is 13.2. The molecule has 0 saturated heterocycles. The molecule has 5 heteroatoms. The number of aliphatic carboxylic acids is 2. The van der Waals surface area contributed by atoms with Gasteiger partial charge in [0.05, 0.1) is 12.3 Å². The number of hydrogen-bond donors (Lipinski definition) is 2. The Morgan fingerprint density at radius 1 is 1.25 bits per heavy atom. The van der Waals surface area contributed by atoms with Crippen molar-refractivity contribution in [1.82, 2.24) is 0 Å². The molecule has 0 aliphatic rings. The molecule has 0 heterocycles. The largest absolute Gasteiger partial charge is 0.481 e. The second-order valence-corrected chi connectivity index (χ2v) is 3.43. The van der Waals surface area contributed by atoms with Gasteiger partial charge in [0.2, 0.25) is 0 Å². The van der Waals surface area contributed by atoms with Crippen molar-refractivity contribution in [2.75, 3.05) is 0 Å². The lowest BCUT2D eigenvalue weighted by molar-refractivity contribution is -0.148. The summed E-state index contributed by atoms with van der Waals surface area (Å²) < 4.78 is 13.2. The zero-order valence-corrected chi connectivity index (χ0v) is 8.39. The van der Waals surface area contributed by atoms with E-state index in [-0.39, 0.29) is 12.0 Å². The standard InChI is InChI=1S/C11H11FO4/c12-9-4-2-1-3-7(9)5-8(11(15)16)6-10(13)14/h1-4,8H,5-6H2,(H,13,14)(H,15,16)/t8-/m1/s1. The Labute approximate surface area is 91.3 Å². The van der Waals surface area contributed by atoms with Gasteiger partial charge in [0.25, 0.3) is 0 Å².